The first-order valence-electron chi connectivity index (χ1n) is 4.51. The molecular weight excluding hydrogens is 194 g/mol. The number of aromatic nitrogens is 2. The fraction of sp³-hybridized carbons (Fsp3) is 0.444. The largest absolute Gasteiger partial charge is 0.383 e. The highest BCUT2D eigenvalue weighted by Crippen LogP contribution is 2.05. The first-order valence-corrected chi connectivity index (χ1v) is 4.51. The van der Waals surface area contributed by atoms with E-state index in [1.807, 2.05) is 11.9 Å². The molecule has 0 amide bonds. The molecule has 1 heterocycles. The Morgan fingerprint density at radius 2 is 2.27 bits per heavy atom. The van der Waals surface area contributed by atoms with E-state index in [2.05, 4.69) is 9.97 Å². The van der Waals surface area contributed by atoms with Crippen LogP contribution < -0.4 is 10.6 Å². The van der Waals surface area contributed by atoms with Gasteiger partial charge in [-0.2, -0.15) is 0 Å². The Morgan fingerprint density at radius 1 is 1.53 bits per heavy atom. The SMILES string of the molecule is COCCN(C)c1cnc(C(=N)N)cn1. The number of amidine groups is 1. The molecular formula is C9H15N5O. The molecule has 0 fully saturated rings. The Bertz CT molecular complexity index is 324. The average molecular weight is 209 g/mol. The Labute approximate surface area is 88.6 Å². The number of anilines is 1. The van der Waals surface area contributed by atoms with E-state index >= 15 is 0 Å². The summed E-state index contributed by atoms with van der Waals surface area (Å²) in [4.78, 5) is 10.1. The predicted molar refractivity (Wildman–Crippen MR) is 58.2 cm³/mol. The van der Waals surface area contributed by atoms with Crippen LogP contribution in [0.5, 0.6) is 0 Å². The van der Waals surface area contributed by atoms with Crippen molar-refractivity contribution in [3.05, 3.63) is 18.1 Å². The molecule has 0 atom stereocenters. The van der Waals surface area contributed by atoms with Gasteiger partial charge in [0.15, 0.2) is 0 Å². The van der Waals surface area contributed by atoms with Crippen molar-refractivity contribution in [2.75, 3.05) is 32.2 Å². The lowest BCUT2D eigenvalue weighted by Gasteiger charge is -2.16. The smallest absolute Gasteiger partial charge is 0.146 e. The Hall–Kier alpha value is -1.69. The average Bonchev–Trinajstić information content (AvgIpc) is 2.26. The minimum atomic E-state index is -0.0754. The standard InChI is InChI=1S/C9H15N5O/c1-14(3-4-15-2)8-6-12-7(5-13-8)9(10)11/h5-6H,3-4H2,1-2H3,(H3,10,11). The van der Waals surface area contributed by atoms with Crippen LogP contribution in [0.3, 0.4) is 0 Å². The molecule has 6 nitrogen and oxygen atoms in total. The molecule has 1 aromatic rings. The fourth-order valence-corrected chi connectivity index (χ4v) is 1.00. The van der Waals surface area contributed by atoms with Gasteiger partial charge in [0.1, 0.15) is 17.3 Å². The molecule has 82 valence electrons. The molecule has 1 rings (SSSR count). The van der Waals surface area contributed by atoms with Crippen molar-refractivity contribution in [2.45, 2.75) is 0 Å². The second kappa shape index (κ2) is 5.26. The highest BCUT2D eigenvalue weighted by atomic mass is 16.5. The molecule has 0 aliphatic heterocycles. The van der Waals surface area contributed by atoms with Crippen molar-refractivity contribution in [1.82, 2.24) is 9.97 Å². The lowest BCUT2D eigenvalue weighted by Crippen LogP contribution is -2.23. The van der Waals surface area contributed by atoms with E-state index in [4.69, 9.17) is 15.9 Å². The van der Waals surface area contributed by atoms with Gasteiger partial charge in [0.2, 0.25) is 0 Å². The summed E-state index contributed by atoms with van der Waals surface area (Å²) >= 11 is 0. The third kappa shape index (κ3) is 3.17. The minimum Gasteiger partial charge on any atom is -0.383 e. The molecule has 0 unspecified atom stereocenters. The van der Waals surface area contributed by atoms with Crippen LogP contribution in [0.1, 0.15) is 5.69 Å². The Balaban J connectivity index is 2.66. The van der Waals surface area contributed by atoms with E-state index in [-0.39, 0.29) is 5.84 Å². The molecule has 0 saturated carbocycles. The van der Waals surface area contributed by atoms with Crippen LogP contribution in [0.4, 0.5) is 5.82 Å². The van der Waals surface area contributed by atoms with Crippen molar-refractivity contribution >= 4 is 11.7 Å². The van der Waals surface area contributed by atoms with Gasteiger partial charge in [0.25, 0.3) is 0 Å². The van der Waals surface area contributed by atoms with Gasteiger partial charge < -0.3 is 15.4 Å². The normalized spacial score (nSPS) is 10.0. The van der Waals surface area contributed by atoms with Gasteiger partial charge in [-0.15, -0.1) is 0 Å². The second-order valence-electron chi connectivity index (χ2n) is 3.09. The molecule has 0 aliphatic rings. The van der Waals surface area contributed by atoms with Gasteiger partial charge in [0, 0.05) is 20.7 Å². The lowest BCUT2D eigenvalue weighted by molar-refractivity contribution is 0.206. The third-order valence-corrected chi connectivity index (χ3v) is 1.94. The predicted octanol–water partition coefficient (Wildman–Crippen LogP) is -0.157. The first-order chi connectivity index (χ1) is 7.15. The number of rotatable bonds is 5. The van der Waals surface area contributed by atoms with Crippen LogP contribution in [-0.4, -0.2) is 43.1 Å². The second-order valence-corrected chi connectivity index (χ2v) is 3.09. The number of hydrogen-bond acceptors (Lipinski definition) is 5. The molecule has 0 aromatic carbocycles. The maximum absolute atomic E-state index is 7.17. The molecule has 15 heavy (non-hydrogen) atoms. The molecule has 3 N–H and O–H groups in total. The van der Waals surface area contributed by atoms with Crippen molar-refractivity contribution < 1.29 is 4.74 Å². The summed E-state index contributed by atoms with van der Waals surface area (Å²) in [7, 11) is 3.55. The molecule has 0 saturated heterocycles. The van der Waals surface area contributed by atoms with E-state index in [0.29, 0.717) is 12.3 Å². The van der Waals surface area contributed by atoms with Crippen molar-refractivity contribution in [1.29, 1.82) is 5.41 Å². The van der Waals surface area contributed by atoms with Gasteiger partial charge in [0.05, 0.1) is 19.0 Å². The van der Waals surface area contributed by atoms with Crippen LogP contribution in [0.2, 0.25) is 0 Å². The number of likely N-dealkylation sites (N-methyl/N-ethyl adjacent to an activating group) is 1. The van der Waals surface area contributed by atoms with Crippen molar-refractivity contribution in [2.24, 2.45) is 5.73 Å². The summed E-state index contributed by atoms with van der Waals surface area (Å²) < 4.78 is 4.95. The number of hydrogen-bond donors (Lipinski definition) is 2. The van der Waals surface area contributed by atoms with Crippen molar-refractivity contribution in [3.8, 4) is 0 Å². The quantitative estimate of drug-likeness (QED) is 0.520. The van der Waals surface area contributed by atoms with E-state index < -0.39 is 0 Å². The summed E-state index contributed by atoms with van der Waals surface area (Å²) in [6.45, 7) is 1.37. The van der Waals surface area contributed by atoms with E-state index in [9.17, 15) is 0 Å². The maximum atomic E-state index is 7.17. The topological polar surface area (TPSA) is 88.1 Å². The van der Waals surface area contributed by atoms with Crippen LogP contribution in [0.25, 0.3) is 0 Å². The van der Waals surface area contributed by atoms with Crippen LogP contribution in [0, 0.1) is 5.41 Å². The van der Waals surface area contributed by atoms with Crippen molar-refractivity contribution in [3.63, 3.8) is 0 Å². The minimum absolute atomic E-state index is 0.0754. The van der Waals surface area contributed by atoms with Gasteiger partial charge in [-0.25, -0.2) is 9.97 Å². The van der Waals surface area contributed by atoms with Gasteiger partial charge >= 0.3 is 0 Å². The molecule has 0 aliphatic carbocycles. The van der Waals surface area contributed by atoms with Crippen LogP contribution >= 0.6 is 0 Å². The van der Waals surface area contributed by atoms with E-state index in [1.54, 1.807) is 13.3 Å². The third-order valence-electron chi connectivity index (χ3n) is 1.94. The highest BCUT2D eigenvalue weighted by Gasteiger charge is 2.04. The Morgan fingerprint density at radius 3 is 2.73 bits per heavy atom. The molecule has 0 bridgehead atoms. The monoisotopic (exact) mass is 209 g/mol. The zero-order valence-electron chi connectivity index (χ0n) is 8.90. The zero-order chi connectivity index (χ0) is 11.3. The molecule has 0 spiro atoms. The molecule has 6 heteroatoms. The number of ether oxygens (including phenoxy) is 1. The summed E-state index contributed by atoms with van der Waals surface area (Å²) in [5.74, 6) is 0.658. The number of nitrogen functional groups attached to an aromatic ring is 1. The van der Waals surface area contributed by atoms with Crippen LogP contribution in [0.15, 0.2) is 12.4 Å². The number of methoxy groups -OCH3 is 1. The summed E-state index contributed by atoms with van der Waals surface area (Å²) in [5, 5.41) is 7.17. The summed E-state index contributed by atoms with van der Waals surface area (Å²) in [5.41, 5.74) is 5.66. The van der Waals surface area contributed by atoms with Gasteiger partial charge in [-0.05, 0) is 0 Å². The number of nitrogens with two attached hydrogens (primary N) is 1. The van der Waals surface area contributed by atoms with E-state index in [0.717, 1.165) is 12.4 Å². The highest BCUT2D eigenvalue weighted by molar-refractivity contribution is 5.92. The van der Waals surface area contributed by atoms with E-state index in [1.165, 1.54) is 6.20 Å². The summed E-state index contributed by atoms with van der Waals surface area (Å²) in [6.07, 6.45) is 3.08. The first kappa shape index (κ1) is 11.4. The fourth-order valence-electron chi connectivity index (χ4n) is 1.00. The van der Waals surface area contributed by atoms with Crippen LogP contribution in [-0.2, 0) is 4.74 Å². The Kier molecular flexibility index (Phi) is 3.99. The maximum Gasteiger partial charge on any atom is 0.146 e. The summed E-state index contributed by atoms with van der Waals surface area (Å²) in [6, 6.07) is 0. The van der Waals surface area contributed by atoms with Gasteiger partial charge in [-0.1, -0.05) is 0 Å². The zero-order valence-corrected chi connectivity index (χ0v) is 8.90. The van der Waals surface area contributed by atoms with Gasteiger partial charge in [-0.3, -0.25) is 5.41 Å². The number of nitrogens with zero attached hydrogens (tertiary/aromatic N) is 3. The molecule has 1 aromatic heterocycles. The molecule has 0 radical (unpaired) electrons. The lowest BCUT2D eigenvalue weighted by atomic mass is 10.4. The number of nitrogens with one attached hydrogen (secondary N) is 1.